The molecule has 0 aliphatic carbocycles. The Kier molecular flexibility index (Phi) is 3.67. The summed E-state index contributed by atoms with van der Waals surface area (Å²) < 4.78 is 37.5. The van der Waals surface area contributed by atoms with E-state index in [1.54, 1.807) is 12.3 Å². The summed E-state index contributed by atoms with van der Waals surface area (Å²) in [5.74, 6) is 0. The van der Waals surface area contributed by atoms with Crippen molar-refractivity contribution in [2.45, 2.75) is 6.18 Å². The molecule has 3 aromatic rings. The predicted molar refractivity (Wildman–Crippen MR) is 82.1 cm³/mol. The van der Waals surface area contributed by atoms with Crippen molar-refractivity contribution in [3.05, 3.63) is 77.5 Å². The highest BCUT2D eigenvalue weighted by molar-refractivity contribution is 5.82. The highest BCUT2D eigenvalue weighted by atomic mass is 19.4. The molecular formula is C18H12F3N. The smallest absolute Gasteiger partial charge is 0.256 e. The molecule has 0 spiro atoms. The lowest BCUT2D eigenvalue weighted by molar-refractivity contribution is -0.137. The average Bonchev–Trinajstić information content (AvgIpc) is 2.52. The number of hydrogen-bond donors (Lipinski definition) is 0. The monoisotopic (exact) mass is 299 g/mol. The zero-order valence-electron chi connectivity index (χ0n) is 11.5. The lowest BCUT2D eigenvalue weighted by Gasteiger charge is -2.05. The standard InChI is InChI=1S/C18H12F3N/c19-18(20,21)16-8-5-13(6-9-16)3-4-14-7-10-17-15(12-14)2-1-11-22-17/h1-12H. The van der Waals surface area contributed by atoms with Crippen LogP contribution in [0.1, 0.15) is 16.7 Å². The van der Waals surface area contributed by atoms with Gasteiger partial charge in [-0.2, -0.15) is 13.2 Å². The van der Waals surface area contributed by atoms with Gasteiger partial charge in [-0.3, -0.25) is 4.98 Å². The quantitative estimate of drug-likeness (QED) is 0.575. The van der Waals surface area contributed by atoms with E-state index in [9.17, 15) is 13.2 Å². The van der Waals surface area contributed by atoms with E-state index < -0.39 is 11.7 Å². The van der Waals surface area contributed by atoms with E-state index in [1.807, 2.05) is 36.4 Å². The average molecular weight is 299 g/mol. The van der Waals surface area contributed by atoms with E-state index in [2.05, 4.69) is 4.98 Å². The van der Waals surface area contributed by atoms with Gasteiger partial charge in [0.25, 0.3) is 0 Å². The normalized spacial score (nSPS) is 12.1. The first-order chi connectivity index (χ1) is 10.5. The summed E-state index contributed by atoms with van der Waals surface area (Å²) in [5.41, 5.74) is 1.97. The van der Waals surface area contributed by atoms with Gasteiger partial charge in [-0.25, -0.2) is 0 Å². The van der Waals surface area contributed by atoms with Crippen LogP contribution >= 0.6 is 0 Å². The Morgan fingerprint density at radius 2 is 1.50 bits per heavy atom. The molecule has 110 valence electrons. The fourth-order valence-electron chi connectivity index (χ4n) is 2.17. The van der Waals surface area contributed by atoms with Gasteiger partial charge in [0.05, 0.1) is 11.1 Å². The van der Waals surface area contributed by atoms with Crippen LogP contribution < -0.4 is 0 Å². The largest absolute Gasteiger partial charge is 0.416 e. The first-order valence-electron chi connectivity index (χ1n) is 6.72. The molecule has 4 heteroatoms. The Labute approximate surface area is 125 Å². The maximum absolute atomic E-state index is 12.5. The minimum absolute atomic E-state index is 0.638. The molecule has 3 rings (SSSR count). The third-order valence-electron chi connectivity index (χ3n) is 3.33. The number of pyridine rings is 1. The van der Waals surface area contributed by atoms with Gasteiger partial charge in [0, 0.05) is 11.6 Å². The molecule has 0 radical (unpaired) electrons. The van der Waals surface area contributed by atoms with Crippen molar-refractivity contribution in [3.8, 4) is 0 Å². The molecule has 0 atom stereocenters. The molecule has 0 amide bonds. The zero-order chi connectivity index (χ0) is 15.6. The highest BCUT2D eigenvalue weighted by Crippen LogP contribution is 2.29. The van der Waals surface area contributed by atoms with Gasteiger partial charge in [-0.15, -0.1) is 0 Å². The fourth-order valence-corrected chi connectivity index (χ4v) is 2.17. The van der Waals surface area contributed by atoms with E-state index in [0.717, 1.165) is 34.2 Å². The number of aromatic nitrogens is 1. The van der Waals surface area contributed by atoms with Crippen molar-refractivity contribution < 1.29 is 13.2 Å². The fraction of sp³-hybridized carbons (Fsp3) is 0.0556. The molecule has 1 heterocycles. The van der Waals surface area contributed by atoms with Gasteiger partial charge in [0.2, 0.25) is 0 Å². The Hall–Kier alpha value is -2.62. The van der Waals surface area contributed by atoms with Gasteiger partial charge in [-0.1, -0.05) is 36.4 Å². The van der Waals surface area contributed by atoms with Crippen LogP contribution in [0, 0.1) is 0 Å². The number of hydrogen-bond acceptors (Lipinski definition) is 1. The van der Waals surface area contributed by atoms with E-state index >= 15 is 0 Å². The third-order valence-corrected chi connectivity index (χ3v) is 3.33. The zero-order valence-corrected chi connectivity index (χ0v) is 11.5. The second kappa shape index (κ2) is 5.64. The lowest BCUT2D eigenvalue weighted by Crippen LogP contribution is -2.03. The van der Waals surface area contributed by atoms with Crippen LogP contribution in [-0.2, 0) is 6.18 Å². The molecule has 1 nitrogen and oxygen atoms in total. The number of benzene rings is 2. The minimum Gasteiger partial charge on any atom is -0.256 e. The van der Waals surface area contributed by atoms with Crippen molar-refractivity contribution >= 4 is 23.1 Å². The predicted octanol–water partition coefficient (Wildman–Crippen LogP) is 5.42. The second-order valence-corrected chi connectivity index (χ2v) is 4.91. The van der Waals surface area contributed by atoms with Crippen LogP contribution in [0.3, 0.4) is 0 Å². The van der Waals surface area contributed by atoms with Crippen LogP contribution in [0.5, 0.6) is 0 Å². The molecule has 1 aromatic heterocycles. The topological polar surface area (TPSA) is 12.9 Å². The van der Waals surface area contributed by atoms with Crippen molar-refractivity contribution in [1.29, 1.82) is 0 Å². The maximum Gasteiger partial charge on any atom is 0.416 e. The van der Waals surface area contributed by atoms with E-state index in [0.29, 0.717) is 0 Å². The van der Waals surface area contributed by atoms with Crippen LogP contribution in [0.2, 0.25) is 0 Å². The molecule has 22 heavy (non-hydrogen) atoms. The van der Waals surface area contributed by atoms with Crippen LogP contribution in [0.4, 0.5) is 13.2 Å². The van der Waals surface area contributed by atoms with Gasteiger partial charge in [-0.05, 0) is 41.5 Å². The Bertz CT molecular complexity index is 818. The first kappa shape index (κ1) is 14.3. The van der Waals surface area contributed by atoms with Crippen LogP contribution in [0.15, 0.2) is 60.8 Å². The molecule has 0 saturated carbocycles. The Balaban J connectivity index is 1.83. The van der Waals surface area contributed by atoms with Gasteiger partial charge >= 0.3 is 6.18 Å². The summed E-state index contributed by atoms with van der Waals surface area (Å²) in [6.45, 7) is 0. The molecule has 0 bridgehead atoms. The molecule has 2 aromatic carbocycles. The van der Waals surface area contributed by atoms with Crippen molar-refractivity contribution in [2.75, 3.05) is 0 Å². The van der Waals surface area contributed by atoms with Crippen LogP contribution in [-0.4, -0.2) is 4.98 Å². The van der Waals surface area contributed by atoms with Crippen molar-refractivity contribution in [2.24, 2.45) is 0 Å². The summed E-state index contributed by atoms with van der Waals surface area (Å²) in [4.78, 5) is 4.24. The summed E-state index contributed by atoms with van der Waals surface area (Å²) >= 11 is 0. The molecular weight excluding hydrogens is 287 g/mol. The lowest BCUT2D eigenvalue weighted by atomic mass is 10.1. The van der Waals surface area contributed by atoms with Gasteiger partial charge in [0.15, 0.2) is 0 Å². The van der Waals surface area contributed by atoms with Gasteiger partial charge < -0.3 is 0 Å². The van der Waals surface area contributed by atoms with Crippen LogP contribution in [0.25, 0.3) is 23.1 Å². The number of alkyl halides is 3. The first-order valence-corrected chi connectivity index (χ1v) is 6.72. The van der Waals surface area contributed by atoms with E-state index in [4.69, 9.17) is 0 Å². The molecule has 0 unspecified atom stereocenters. The number of nitrogens with zero attached hydrogens (tertiary/aromatic N) is 1. The summed E-state index contributed by atoms with van der Waals surface area (Å²) in [6.07, 6.45) is 1.10. The summed E-state index contributed by atoms with van der Waals surface area (Å²) in [7, 11) is 0. The minimum atomic E-state index is -4.30. The third kappa shape index (κ3) is 3.17. The molecule has 0 aliphatic rings. The molecule has 0 N–H and O–H groups in total. The van der Waals surface area contributed by atoms with E-state index in [1.165, 1.54) is 12.1 Å². The molecule has 0 fully saturated rings. The van der Waals surface area contributed by atoms with Gasteiger partial charge in [0.1, 0.15) is 0 Å². The summed E-state index contributed by atoms with van der Waals surface area (Å²) in [6, 6.07) is 14.8. The summed E-state index contributed by atoms with van der Waals surface area (Å²) in [5, 5.41) is 1.03. The Morgan fingerprint density at radius 1 is 0.818 bits per heavy atom. The van der Waals surface area contributed by atoms with E-state index in [-0.39, 0.29) is 0 Å². The maximum atomic E-state index is 12.5. The van der Waals surface area contributed by atoms with Crippen molar-refractivity contribution in [3.63, 3.8) is 0 Å². The SMILES string of the molecule is FC(F)(F)c1ccc(C=Cc2ccc3ncccc3c2)cc1. The van der Waals surface area contributed by atoms with Crippen molar-refractivity contribution in [1.82, 2.24) is 4.98 Å². The molecule has 0 aliphatic heterocycles. The Morgan fingerprint density at radius 3 is 2.23 bits per heavy atom. The molecule has 0 saturated heterocycles. The number of fused-ring (bicyclic) bond motifs is 1. The second-order valence-electron chi connectivity index (χ2n) is 4.91. The number of halogens is 3. The number of rotatable bonds is 2. The highest BCUT2D eigenvalue weighted by Gasteiger charge is 2.29.